The summed E-state index contributed by atoms with van der Waals surface area (Å²) in [7, 11) is 0. The maximum Gasteiger partial charge on any atom is 0.252 e. The summed E-state index contributed by atoms with van der Waals surface area (Å²) in [5.74, 6) is 0.167. The maximum atomic E-state index is 12.5. The van der Waals surface area contributed by atoms with Gasteiger partial charge in [0.25, 0.3) is 5.91 Å². The first kappa shape index (κ1) is 11.7. The highest BCUT2D eigenvalue weighted by molar-refractivity contribution is 5.82. The minimum Gasteiger partial charge on any atom is -0.272 e. The van der Waals surface area contributed by atoms with Crippen LogP contribution in [0.15, 0.2) is 30.3 Å². The number of carbonyl (C=O) groups is 1. The van der Waals surface area contributed by atoms with Crippen molar-refractivity contribution < 1.29 is 9.63 Å². The molecule has 2 aliphatic rings. The Labute approximate surface area is 108 Å². The van der Waals surface area contributed by atoms with E-state index in [-0.39, 0.29) is 17.4 Å². The molecule has 0 unspecified atom stereocenters. The lowest BCUT2D eigenvalue weighted by Crippen LogP contribution is -2.45. The fourth-order valence-electron chi connectivity index (χ4n) is 2.83. The lowest BCUT2D eigenvalue weighted by Gasteiger charge is -2.40. The van der Waals surface area contributed by atoms with Gasteiger partial charge in [-0.25, -0.2) is 5.06 Å². The van der Waals surface area contributed by atoms with Crippen LogP contribution in [0.5, 0.6) is 0 Å². The van der Waals surface area contributed by atoms with E-state index < -0.39 is 0 Å². The first-order valence-corrected chi connectivity index (χ1v) is 6.72. The van der Waals surface area contributed by atoms with Gasteiger partial charge < -0.3 is 0 Å². The molecule has 1 aliphatic heterocycles. The van der Waals surface area contributed by atoms with Gasteiger partial charge in [-0.05, 0) is 18.4 Å². The largest absolute Gasteiger partial charge is 0.272 e. The third-order valence-corrected chi connectivity index (χ3v) is 4.26. The number of amides is 1. The fourth-order valence-corrected chi connectivity index (χ4v) is 2.83. The Kier molecular flexibility index (Phi) is 2.86. The van der Waals surface area contributed by atoms with E-state index in [1.54, 1.807) is 5.06 Å². The van der Waals surface area contributed by atoms with E-state index in [0.29, 0.717) is 6.61 Å². The molecule has 1 aromatic rings. The Morgan fingerprint density at radius 1 is 1.33 bits per heavy atom. The van der Waals surface area contributed by atoms with Crippen LogP contribution >= 0.6 is 0 Å². The predicted octanol–water partition coefficient (Wildman–Crippen LogP) is 3.08. The van der Waals surface area contributed by atoms with Gasteiger partial charge in [0.15, 0.2) is 0 Å². The van der Waals surface area contributed by atoms with Crippen LogP contribution in [0.25, 0.3) is 0 Å². The number of nitrogens with zero attached hydrogens (tertiary/aromatic N) is 1. The quantitative estimate of drug-likeness (QED) is 0.801. The molecule has 1 atom stereocenters. The molecule has 1 heterocycles. The highest BCUT2D eigenvalue weighted by Gasteiger charge is 2.45. The van der Waals surface area contributed by atoms with Crippen molar-refractivity contribution in [2.24, 2.45) is 5.41 Å². The number of hydroxylamine groups is 2. The third-order valence-electron chi connectivity index (χ3n) is 4.26. The molecule has 3 rings (SSSR count). The highest BCUT2D eigenvalue weighted by atomic mass is 16.7. The molecule has 18 heavy (non-hydrogen) atoms. The van der Waals surface area contributed by atoms with Crippen LogP contribution in [-0.4, -0.2) is 17.6 Å². The molecule has 1 saturated carbocycles. The van der Waals surface area contributed by atoms with Gasteiger partial charge in [0, 0.05) is 11.8 Å². The Bertz CT molecular complexity index is 439. The Balaban J connectivity index is 1.81. The lowest BCUT2D eigenvalue weighted by molar-refractivity contribution is -0.192. The van der Waals surface area contributed by atoms with E-state index in [1.165, 1.54) is 5.56 Å². The Morgan fingerprint density at radius 3 is 2.67 bits per heavy atom. The maximum absolute atomic E-state index is 12.5. The zero-order valence-corrected chi connectivity index (χ0v) is 10.8. The van der Waals surface area contributed by atoms with E-state index in [4.69, 9.17) is 4.84 Å². The van der Waals surface area contributed by atoms with Crippen LogP contribution in [0.4, 0.5) is 0 Å². The van der Waals surface area contributed by atoms with E-state index >= 15 is 0 Å². The van der Waals surface area contributed by atoms with Crippen molar-refractivity contribution in [3.8, 4) is 0 Å². The molecule has 3 nitrogen and oxygen atoms in total. The predicted molar refractivity (Wildman–Crippen MR) is 68.6 cm³/mol. The summed E-state index contributed by atoms with van der Waals surface area (Å²) in [5, 5.41) is 1.63. The van der Waals surface area contributed by atoms with Crippen LogP contribution in [0, 0.1) is 5.41 Å². The van der Waals surface area contributed by atoms with Gasteiger partial charge >= 0.3 is 0 Å². The first-order chi connectivity index (χ1) is 8.71. The minimum atomic E-state index is -0.183. The summed E-state index contributed by atoms with van der Waals surface area (Å²) in [6, 6.07) is 10.3. The smallest absolute Gasteiger partial charge is 0.252 e. The topological polar surface area (TPSA) is 29.5 Å². The average molecular weight is 245 g/mol. The van der Waals surface area contributed by atoms with Gasteiger partial charge in [0.2, 0.25) is 0 Å². The number of rotatable bonds is 2. The summed E-state index contributed by atoms with van der Waals surface area (Å²) < 4.78 is 0. The lowest BCUT2D eigenvalue weighted by atomic mass is 9.69. The van der Waals surface area contributed by atoms with Gasteiger partial charge in [0.05, 0.1) is 12.6 Å². The van der Waals surface area contributed by atoms with Gasteiger partial charge in [0.1, 0.15) is 0 Å². The van der Waals surface area contributed by atoms with E-state index in [0.717, 1.165) is 25.7 Å². The summed E-state index contributed by atoms with van der Waals surface area (Å²) in [6.07, 6.45) is 4.04. The molecule has 1 aliphatic carbocycles. The standard InChI is InChI=1S/C15H19NO2/c1-15(9-5-10-15)14(17)16-13(8-11-18-16)12-6-3-2-4-7-12/h2-4,6-7,13H,5,8-11H2,1H3/t13-/m0/s1. The SMILES string of the molecule is CC1(C(=O)N2OCC[C@H]2c2ccccc2)CCC1. The molecule has 0 radical (unpaired) electrons. The Morgan fingerprint density at radius 2 is 2.06 bits per heavy atom. The summed E-state index contributed by atoms with van der Waals surface area (Å²) >= 11 is 0. The molecular weight excluding hydrogens is 226 g/mol. The van der Waals surface area contributed by atoms with Crippen molar-refractivity contribution >= 4 is 5.91 Å². The Hall–Kier alpha value is -1.35. The number of benzene rings is 1. The second-order valence-electron chi connectivity index (χ2n) is 5.59. The van der Waals surface area contributed by atoms with Crippen molar-refractivity contribution in [1.82, 2.24) is 5.06 Å². The summed E-state index contributed by atoms with van der Waals surface area (Å²) in [4.78, 5) is 18.1. The zero-order chi connectivity index (χ0) is 12.6. The average Bonchev–Trinajstić information content (AvgIpc) is 2.85. The molecule has 0 N–H and O–H groups in total. The fraction of sp³-hybridized carbons (Fsp3) is 0.533. The summed E-state index contributed by atoms with van der Waals surface area (Å²) in [5.41, 5.74) is 0.989. The number of hydrogen-bond acceptors (Lipinski definition) is 2. The molecule has 96 valence electrons. The molecule has 3 heteroatoms. The van der Waals surface area contributed by atoms with Crippen LogP contribution in [0.3, 0.4) is 0 Å². The van der Waals surface area contributed by atoms with Crippen molar-refractivity contribution in [3.63, 3.8) is 0 Å². The molecule has 2 fully saturated rings. The van der Waals surface area contributed by atoms with Crippen molar-refractivity contribution in [2.75, 3.05) is 6.61 Å². The van der Waals surface area contributed by atoms with Gasteiger partial charge in [-0.2, -0.15) is 0 Å². The van der Waals surface area contributed by atoms with Crippen molar-refractivity contribution in [2.45, 2.75) is 38.6 Å². The van der Waals surface area contributed by atoms with Gasteiger partial charge in [-0.1, -0.05) is 43.7 Å². The third kappa shape index (κ3) is 1.83. The molecule has 1 saturated heterocycles. The number of hydrogen-bond donors (Lipinski definition) is 0. The van der Waals surface area contributed by atoms with Crippen molar-refractivity contribution in [1.29, 1.82) is 0 Å². The van der Waals surface area contributed by atoms with Crippen LogP contribution < -0.4 is 0 Å². The van der Waals surface area contributed by atoms with E-state index in [2.05, 4.69) is 19.1 Å². The molecule has 1 aromatic carbocycles. The van der Waals surface area contributed by atoms with Gasteiger partial charge in [-0.15, -0.1) is 0 Å². The van der Waals surface area contributed by atoms with Crippen LogP contribution in [0.1, 0.15) is 44.2 Å². The molecule has 0 aromatic heterocycles. The second-order valence-corrected chi connectivity index (χ2v) is 5.59. The second kappa shape index (κ2) is 4.39. The minimum absolute atomic E-state index is 0.0936. The monoisotopic (exact) mass is 245 g/mol. The van der Waals surface area contributed by atoms with E-state index in [9.17, 15) is 4.79 Å². The van der Waals surface area contributed by atoms with Crippen LogP contribution in [0.2, 0.25) is 0 Å². The van der Waals surface area contributed by atoms with Crippen LogP contribution in [-0.2, 0) is 9.63 Å². The highest BCUT2D eigenvalue weighted by Crippen LogP contribution is 2.44. The normalized spacial score (nSPS) is 25.8. The first-order valence-electron chi connectivity index (χ1n) is 6.72. The molecule has 0 spiro atoms. The molecule has 1 amide bonds. The van der Waals surface area contributed by atoms with Crippen molar-refractivity contribution in [3.05, 3.63) is 35.9 Å². The van der Waals surface area contributed by atoms with Gasteiger partial charge in [-0.3, -0.25) is 9.63 Å². The summed E-state index contributed by atoms with van der Waals surface area (Å²) in [6.45, 7) is 2.70. The molecule has 0 bridgehead atoms. The molecular formula is C15H19NO2. The zero-order valence-electron chi connectivity index (χ0n) is 10.8. The number of carbonyl (C=O) groups excluding carboxylic acids is 1. The van der Waals surface area contributed by atoms with E-state index in [1.807, 2.05) is 18.2 Å².